The van der Waals surface area contributed by atoms with Gasteiger partial charge in [0.2, 0.25) is 5.91 Å². The van der Waals surface area contributed by atoms with Crippen LogP contribution >= 0.6 is 0 Å². The minimum atomic E-state index is 0.152. The number of amides is 1. The summed E-state index contributed by atoms with van der Waals surface area (Å²) in [5, 5.41) is 0. The quantitative estimate of drug-likeness (QED) is 0.717. The fourth-order valence-corrected chi connectivity index (χ4v) is 2.45. The van der Waals surface area contributed by atoms with Gasteiger partial charge < -0.3 is 4.90 Å². The van der Waals surface area contributed by atoms with E-state index in [1.165, 1.54) is 32.1 Å². The van der Waals surface area contributed by atoms with Gasteiger partial charge in [0.05, 0.1) is 0 Å². The molecule has 0 aliphatic carbocycles. The molecule has 0 saturated carbocycles. The molecule has 1 heterocycles. The van der Waals surface area contributed by atoms with Crippen LogP contribution in [0.4, 0.5) is 0 Å². The highest BCUT2D eigenvalue weighted by atomic mass is 16.2. The van der Waals surface area contributed by atoms with E-state index < -0.39 is 0 Å². The smallest absolute Gasteiger partial charge is 0.225 e. The van der Waals surface area contributed by atoms with Crippen LogP contribution in [0.1, 0.15) is 59.8 Å². The van der Waals surface area contributed by atoms with E-state index >= 15 is 0 Å². The first-order valence-electron chi connectivity index (χ1n) is 6.82. The Bertz CT molecular complexity index is 223. The van der Waals surface area contributed by atoms with Gasteiger partial charge in [-0.05, 0) is 38.0 Å². The Balaban J connectivity index is 2.53. The predicted molar refractivity (Wildman–Crippen MR) is 68.3 cm³/mol. The zero-order valence-corrected chi connectivity index (χ0v) is 11.3. The van der Waals surface area contributed by atoms with Crippen molar-refractivity contribution in [2.24, 2.45) is 11.8 Å². The van der Waals surface area contributed by atoms with Gasteiger partial charge in [-0.25, -0.2) is 0 Å². The molecule has 1 saturated heterocycles. The fraction of sp³-hybridized carbons (Fsp3) is 0.929. The van der Waals surface area contributed by atoms with Crippen LogP contribution in [0.25, 0.3) is 0 Å². The molecule has 1 fully saturated rings. The first kappa shape index (κ1) is 13.5. The standard InChI is InChI=1S/C14H27NO/c1-11(2)8-9-13-7-5-6-10-15(13)14(16)12(3)4/h11-13H,5-10H2,1-4H3. The van der Waals surface area contributed by atoms with Crippen molar-refractivity contribution in [2.75, 3.05) is 6.54 Å². The van der Waals surface area contributed by atoms with Crippen LogP contribution in [0.3, 0.4) is 0 Å². The molecule has 0 N–H and O–H groups in total. The monoisotopic (exact) mass is 225 g/mol. The maximum atomic E-state index is 12.1. The number of piperidine rings is 1. The van der Waals surface area contributed by atoms with Crippen molar-refractivity contribution in [3.8, 4) is 0 Å². The molecule has 0 aromatic rings. The average molecular weight is 225 g/mol. The molecule has 16 heavy (non-hydrogen) atoms. The fourth-order valence-electron chi connectivity index (χ4n) is 2.45. The number of hydrogen-bond acceptors (Lipinski definition) is 1. The molecule has 1 aliphatic rings. The van der Waals surface area contributed by atoms with Gasteiger partial charge in [0.15, 0.2) is 0 Å². The molecule has 1 amide bonds. The Hall–Kier alpha value is -0.530. The second-order valence-electron chi connectivity index (χ2n) is 5.81. The maximum absolute atomic E-state index is 12.1. The van der Waals surface area contributed by atoms with Crippen LogP contribution in [0.2, 0.25) is 0 Å². The highest BCUT2D eigenvalue weighted by Crippen LogP contribution is 2.24. The van der Waals surface area contributed by atoms with Crippen molar-refractivity contribution in [3.63, 3.8) is 0 Å². The summed E-state index contributed by atoms with van der Waals surface area (Å²) in [6.45, 7) is 9.53. The average Bonchev–Trinajstić information content (AvgIpc) is 2.25. The third-order valence-corrected chi connectivity index (χ3v) is 3.48. The first-order valence-corrected chi connectivity index (χ1v) is 6.82. The summed E-state index contributed by atoms with van der Waals surface area (Å²) in [6.07, 6.45) is 6.13. The lowest BCUT2D eigenvalue weighted by atomic mass is 9.94. The van der Waals surface area contributed by atoms with Gasteiger partial charge in [0.25, 0.3) is 0 Å². The largest absolute Gasteiger partial charge is 0.339 e. The molecule has 2 nitrogen and oxygen atoms in total. The van der Waals surface area contributed by atoms with Crippen molar-refractivity contribution in [3.05, 3.63) is 0 Å². The highest BCUT2D eigenvalue weighted by Gasteiger charge is 2.27. The Morgan fingerprint density at radius 3 is 2.50 bits per heavy atom. The van der Waals surface area contributed by atoms with Crippen LogP contribution in [0, 0.1) is 11.8 Å². The van der Waals surface area contributed by atoms with Crippen molar-refractivity contribution in [2.45, 2.75) is 65.8 Å². The van der Waals surface area contributed by atoms with Crippen LogP contribution in [0.15, 0.2) is 0 Å². The van der Waals surface area contributed by atoms with E-state index in [9.17, 15) is 4.79 Å². The predicted octanol–water partition coefficient (Wildman–Crippen LogP) is 3.46. The van der Waals surface area contributed by atoms with Gasteiger partial charge in [-0.1, -0.05) is 27.7 Å². The number of hydrogen-bond donors (Lipinski definition) is 0. The molecule has 1 aliphatic heterocycles. The van der Waals surface area contributed by atoms with Crippen LogP contribution in [-0.2, 0) is 4.79 Å². The van der Waals surface area contributed by atoms with E-state index in [-0.39, 0.29) is 5.92 Å². The lowest BCUT2D eigenvalue weighted by Gasteiger charge is -2.37. The second-order valence-corrected chi connectivity index (χ2v) is 5.81. The van der Waals surface area contributed by atoms with E-state index in [1.807, 2.05) is 13.8 Å². The van der Waals surface area contributed by atoms with Crippen LogP contribution in [0.5, 0.6) is 0 Å². The van der Waals surface area contributed by atoms with Crippen molar-refractivity contribution in [1.29, 1.82) is 0 Å². The summed E-state index contributed by atoms with van der Waals surface area (Å²) in [4.78, 5) is 14.2. The maximum Gasteiger partial charge on any atom is 0.225 e. The lowest BCUT2D eigenvalue weighted by Crippen LogP contribution is -2.45. The van der Waals surface area contributed by atoms with Gasteiger partial charge in [-0.3, -0.25) is 4.79 Å². The number of rotatable bonds is 4. The van der Waals surface area contributed by atoms with Crippen molar-refractivity contribution >= 4 is 5.91 Å². The molecule has 1 rings (SSSR count). The summed E-state index contributed by atoms with van der Waals surface area (Å²) in [6, 6.07) is 0.519. The molecule has 0 aromatic carbocycles. The Morgan fingerprint density at radius 2 is 1.94 bits per heavy atom. The molecule has 1 unspecified atom stereocenters. The molecule has 2 heteroatoms. The van der Waals surface area contributed by atoms with Gasteiger partial charge in [0.1, 0.15) is 0 Å². The normalized spacial score (nSPS) is 21.9. The van der Waals surface area contributed by atoms with E-state index in [1.54, 1.807) is 0 Å². The number of carbonyl (C=O) groups excluding carboxylic acids is 1. The van der Waals surface area contributed by atoms with Crippen molar-refractivity contribution in [1.82, 2.24) is 4.90 Å². The SMILES string of the molecule is CC(C)CCC1CCCCN1C(=O)C(C)C. The Morgan fingerprint density at radius 1 is 1.25 bits per heavy atom. The first-order chi connectivity index (χ1) is 7.52. The molecular weight excluding hydrogens is 198 g/mol. The minimum Gasteiger partial charge on any atom is -0.339 e. The highest BCUT2D eigenvalue weighted by molar-refractivity contribution is 5.78. The van der Waals surface area contributed by atoms with Gasteiger partial charge >= 0.3 is 0 Å². The van der Waals surface area contributed by atoms with Crippen LogP contribution in [-0.4, -0.2) is 23.4 Å². The Labute approximate surface area is 100 Å². The molecule has 0 bridgehead atoms. The number of nitrogens with zero attached hydrogens (tertiary/aromatic N) is 1. The molecular formula is C14H27NO. The summed E-state index contributed by atoms with van der Waals surface area (Å²) in [5.74, 6) is 1.26. The molecule has 94 valence electrons. The topological polar surface area (TPSA) is 20.3 Å². The zero-order valence-electron chi connectivity index (χ0n) is 11.3. The number of carbonyl (C=O) groups is 1. The van der Waals surface area contributed by atoms with E-state index in [4.69, 9.17) is 0 Å². The third-order valence-electron chi connectivity index (χ3n) is 3.48. The van der Waals surface area contributed by atoms with Crippen molar-refractivity contribution < 1.29 is 4.79 Å². The second kappa shape index (κ2) is 6.27. The molecule has 0 aromatic heterocycles. The molecule has 0 radical (unpaired) electrons. The summed E-state index contributed by atoms with van der Waals surface area (Å²) >= 11 is 0. The minimum absolute atomic E-state index is 0.152. The third kappa shape index (κ3) is 3.80. The van der Waals surface area contributed by atoms with Crippen LogP contribution < -0.4 is 0 Å². The van der Waals surface area contributed by atoms with E-state index in [0.717, 1.165) is 12.5 Å². The van der Waals surface area contributed by atoms with E-state index in [2.05, 4.69) is 18.7 Å². The van der Waals surface area contributed by atoms with Gasteiger partial charge in [0, 0.05) is 18.5 Å². The van der Waals surface area contributed by atoms with Gasteiger partial charge in [-0.15, -0.1) is 0 Å². The number of likely N-dealkylation sites (tertiary alicyclic amines) is 1. The zero-order chi connectivity index (χ0) is 12.1. The Kier molecular flexibility index (Phi) is 5.30. The molecule has 1 atom stereocenters. The summed E-state index contributed by atoms with van der Waals surface area (Å²) in [5.41, 5.74) is 0. The lowest BCUT2D eigenvalue weighted by molar-refractivity contribution is -0.138. The van der Waals surface area contributed by atoms with E-state index in [0.29, 0.717) is 11.9 Å². The summed E-state index contributed by atoms with van der Waals surface area (Å²) < 4.78 is 0. The summed E-state index contributed by atoms with van der Waals surface area (Å²) in [7, 11) is 0. The van der Waals surface area contributed by atoms with Gasteiger partial charge in [-0.2, -0.15) is 0 Å². The molecule has 0 spiro atoms.